The Bertz CT molecular complexity index is 460. The number of hydrogen-bond donors (Lipinski definition) is 3. The molecule has 6 nitrogen and oxygen atoms in total. The summed E-state index contributed by atoms with van der Waals surface area (Å²) in [7, 11) is 0. The molecule has 0 radical (unpaired) electrons. The number of rotatable bonds is 1. The minimum absolute atomic E-state index is 0. The van der Waals surface area contributed by atoms with E-state index in [9.17, 15) is 9.59 Å². The number of carbonyl (C=O) groups is 1. The van der Waals surface area contributed by atoms with Crippen LogP contribution in [0.3, 0.4) is 0 Å². The maximum Gasteiger partial charge on any atom is 1.00 e. The van der Waals surface area contributed by atoms with Gasteiger partial charge in [0.1, 0.15) is 17.5 Å². The van der Waals surface area contributed by atoms with E-state index in [4.69, 9.17) is 16.7 Å². The molecule has 66 valence electrons. The molecule has 0 spiro atoms. The van der Waals surface area contributed by atoms with Crippen LogP contribution in [0.25, 0.3) is 0 Å². The van der Waals surface area contributed by atoms with Gasteiger partial charge in [0.05, 0.1) is 5.56 Å². The predicted octanol–water partition coefficient (Wildman–Crippen LogP) is -4.07. The molecule has 0 aliphatic rings. The Balaban J connectivity index is 0.00000169. The average Bonchev–Trinajstić information content (AvgIpc) is 2.03. The number of hydrogen-bond acceptors (Lipinski definition) is 4. The van der Waals surface area contributed by atoms with Crippen LogP contribution in [0.1, 0.15) is 15.9 Å². The van der Waals surface area contributed by atoms with Crippen molar-refractivity contribution in [2.75, 3.05) is 5.73 Å². The molecule has 0 atom stereocenters. The minimum Gasteiger partial charge on any atom is -0.384 e. The fraction of sp³-hybridized carbons (Fsp3) is 0. The van der Waals surface area contributed by atoms with E-state index in [1.54, 1.807) is 6.07 Å². The van der Waals surface area contributed by atoms with Crippen molar-refractivity contribution in [2.45, 2.75) is 0 Å². The van der Waals surface area contributed by atoms with Gasteiger partial charge in [-0.1, -0.05) is 0 Å². The number of nitrogen functional groups attached to an aromatic ring is 1. The van der Waals surface area contributed by atoms with Gasteiger partial charge in [0, 0.05) is 0 Å². The molecule has 1 heterocycles. The van der Waals surface area contributed by atoms with Crippen LogP contribution in [-0.4, -0.2) is 10.9 Å². The van der Waals surface area contributed by atoms with E-state index in [2.05, 4.69) is 4.98 Å². The molecule has 1 rings (SSSR count). The summed E-state index contributed by atoms with van der Waals surface area (Å²) < 4.78 is 0. The number of primary amides is 1. The summed E-state index contributed by atoms with van der Waals surface area (Å²) in [6.45, 7) is 0. The molecule has 0 aliphatic heterocycles. The fourth-order valence-corrected chi connectivity index (χ4v) is 0.820. The van der Waals surface area contributed by atoms with Crippen molar-refractivity contribution in [3.8, 4) is 6.07 Å². The van der Waals surface area contributed by atoms with E-state index in [1.165, 1.54) is 0 Å². The Hall–Kier alpha value is -0.654. The standard InChI is InChI=1S/C7H6N4O2.K/c8-2-3-1-4(6(10)12)7(13)11-5(3)9;/h1H,(H2,10,12)(H3,9,11,13);/q;+1. The Labute approximate surface area is 122 Å². The van der Waals surface area contributed by atoms with Crippen molar-refractivity contribution in [1.29, 1.82) is 5.26 Å². The third-order valence-electron chi connectivity index (χ3n) is 1.46. The van der Waals surface area contributed by atoms with Gasteiger partial charge in [-0.05, 0) is 6.07 Å². The Kier molecular flexibility index (Phi) is 5.04. The summed E-state index contributed by atoms with van der Waals surface area (Å²) in [6.07, 6.45) is 0. The number of pyridine rings is 1. The molecule has 0 bridgehead atoms. The van der Waals surface area contributed by atoms with E-state index in [0.717, 1.165) is 6.07 Å². The third kappa shape index (κ3) is 2.67. The fourth-order valence-electron chi connectivity index (χ4n) is 0.820. The topological polar surface area (TPSA) is 126 Å². The van der Waals surface area contributed by atoms with Crippen LogP contribution < -0.4 is 68.4 Å². The van der Waals surface area contributed by atoms with Gasteiger partial charge in [-0.25, -0.2) is 0 Å². The average molecular weight is 217 g/mol. The molecule has 0 aromatic carbocycles. The molecule has 5 N–H and O–H groups in total. The second kappa shape index (κ2) is 5.28. The Morgan fingerprint density at radius 3 is 2.57 bits per heavy atom. The van der Waals surface area contributed by atoms with Crippen LogP contribution in [0.15, 0.2) is 10.9 Å². The quantitative estimate of drug-likeness (QED) is 0.414. The van der Waals surface area contributed by atoms with E-state index >= 15 is 0 Å². The van der Waals surface area contributed by atoms with Crippen molar-refractivity contribution in [3.05, 3.63) is 27.5 Å². The van der Waals surface area contributed by atoms with E-state index in [0.29, 0.717) is 0 Å². The number of amides is 1. The van der Waals surface area contributed by atoms with Gasteiger partial charge >= 0.3 is 51.4 Å². The van der Waals surface area contributed by atoms with Crippen LogP contribution in [-0.2, 0) is 0 Å². The molecular formula is C7H6KN4O2+. The molecule has 0 saturated carbocycles. The predicted molar refractivity (Wildman–Crippen MR) is 44.7 cm³/mol. The molecule has 7 heteroatoms. The Morgan fingerprint density at radius 1 is 1.57 bits per heavy atom. The zero-order valence-corrected chi connectivity index (χ0v) is 10.6. The van der Waals surface area contributed by atoms with Crippen LogP contribution >= 0.6 is 0 Å². The molecule has 0 aliphatic carbocycles. The maximum atomic E-state index is 11.0. The first-order valence-corrected chi connectivity index (χ1v) is 3.29. The van der Waals surface area contributed by atoms with E-state index < -0.39 is 11.5 Å². The summed E-state index contributed by atoms with van der Waals surface area (Å²) in [5.41, 5.74) is 9.21. The van der Waals surface area contributed by atoms with Gasteiger partial charge in [0.2, 0.25) is 0 Å². The first-order valence-electron chi connectivity index (χ1n) is 3.29. The van der Waals surface area contributed by atoms with E-state index in [-0.39, 0.29) is 68.3 Å². The van der Waals surface area contributed by atoms with E-state index in [1.807, 2.05) is 0 Å². The monoisotopic (exact) mass is 217 g/mol. The van der Waals surface area contributed by atoms with Gasteiger partial charge in [-0.15, -0.1) is 0 Å². The first-order chi connectivity index (χ1) is 6.06. The summed E-state index contributed by atoms with van der Waals surface area (Å²) >= 11 is 0. The number of aromatic nitrogens is 1. The minimum atomic E-state index is -0.891. The smallest absolute Gasteiger partial charge is 0.384 e. The summed E-state index contributed by atoms with van der Waals surface area (Å²) in [5.74, 6) is -0.963. The van der Waals surface area contributed by atoms with Crippen molar-refractivity contribution in [3.63, 3.8) is 0 Å². The van der Waals surface area contributed by atoms with Crippen LogP contribution in [0.5, 0.6) is 0 Å². The van der Waals surface area contributed by atoms with Gasteiger partial charge in [-0.2, -0.15) is 5.26 Å². The van der Waals surface area contributed by atoms with Gasteiger partial charge in [-0.3, -0.25) is 9.59 Å². The molecule has 0 unspecified atom stereocenters. The molecule has 0 fully saturated rings. The second-order valence-corrected chi connectivity index (χ2v) is 2.32. The molecular weight excluding hydrogens is 211 g/mol. The number of nitriles is 1. The van der Waals surface area contributed by atoms with Crippen molar-refractivity contribution in [2.24, 2.45) is 5.73 Å². The third-order valence-corrected chi connectivity index (χ3v) is 1.46. The number of anilines is 1. The van der Waals surface area contributed by atoms with Crippen LogP contribution in [0.4, 0.5) is 5.82 Å². The SMILES string of the molecule is N#Cc1cc(C(N)=O)c(=O)[nH]c1N.[K+]. The van der Waals surface area contributed by atoms with Crippen molar-refractivity contribution in [1.82, 2.24) is 4.98 Å². The molecule has 0 saturated heterocycles. The molecule has 1 amide bonds. The van der Waals surface area contributed by atoms with Gasteiger partial charge in [0.25, 0.3) is 11.5 Å². The largest absolute Gasteiger partial charge is 1.00 e. The van der Waals surface area contributed by atoms with Crippen molar-refractivity contribution >= 4 is 11.7 Å². The summed E-state index contributed by atoms with van der Waals surface area (Å²) in [5, 5.41) is 8.51. The summed E-state index contributed by atoms with van der Waals surface area (Å²) in [6, 6.07) is 2.78. The van der Waals surface area contributed by atoms with Crippen LogP contribution in [0.2, 0.25) is 0 Å². The number of H-pyrrole nitrogens is 1. The van der Waals surface area contributed by atoms with Gasteiger partial charge in [0.15, 0.2) is 0 Å². The number of nitrogens with one attached hydrogen (secondary N) is 1. The first kappa shape index (κ1) is 13.3. The zero-order chi connectivity index (χ0) is 10.0. The number of nitrogens with two attached hydrogens (primary N) is 2. The molecule has 1 aromatic heterocycles. The van der Waals surface area contributed by atoms with Crippen LogP contribution in [0, 0.1) is 11.3 Å². The maximum absolute atomic E-state index is 11.0. The number of carbonyl (C=O) groups excluding carboxylic acids is 1. The number of aromatic amines is 1. The zero-order valence-electron chi connectivity index (χ0n) is 7.50. The second-order valence-electron chi connectivity index (χ2n) is 2.32. The summed E-state index contributed by atoms with van der Waals surface area (Å²) in [4.78, 5) is 23.8. The molecule has 1 aromatic rings. The normalized spacial score (nSPS) is 8.50. The number of nitrogens with zero attached hydrogens (tertiary/aromatic N) is 1. The van der Waals surface area contributed by atoms with Gasteiger partial charge < -0.3 is 16.5 Å². The molecule has 14 heavy (non-hydrogen) atoms. The van der Waals surface area contributed by atoms with Crippen molar-refractivity contribution < 1.29 is 56.2 Å². The Morgan fingerprint density at radius 2 is 2.14 bits per heavy atom.